The third kappa shape index (κ3) is 2.33. The molecule has 0 aliphatic rings. The molecular weight excluding hydrogens is 278 g/mol. The number of halogens is 3. The lowest BCUT2D eigenvalue weighted by Crippen LogP contribution is -2.03. The second kappa shape index (κ2) is 4.96. The van der Waals surface area contributed by atoms with Crippen molar-refractivity contribution in [2.24, 2.45) is 0 Å². The molecule has 2 rings (SSSR count). The van der Waals surface area contributed by atoms with Crippen molar-refractivity contribution in [1.82, 2.24) is 0 Å². The molecule has 0 heterocycles. The average molecular weight is 285 g/mol. The van der Waals surface area contributed by atoms with E-state index in [2.05, 4.69) is 0 Å². The number of hydrogen-bond donors (Lipinski definition) is 1. The van der Waals surface area contributed by atoms with Gasteiger partial charge in [0, 0.05) is 0 Å². The van der Waals surface area contributed by atoms with Gasteiger partial charge in [0.15, 0.2) is 0 Å². The Morgan fingerprint density at radius 2 is 1.83 bits per heavy atom. The molecule has 0 aliphatic carbocycles. The Labute approximate surface area is 113 Å². The lowest BCUT2D eigenvalue weighted by molar-refractivity contribution is 0.0693. The van der Waals surface area contributed by atoms with E-state index in [1.54, 1.807) is 6.07 Å². The zero-order chi connectivity index (χ0) is 13.3. The normalized spacial score (nSPS) is 10.4. The van der Waals surface area contributed by atoms with Crippen molar-refractivity contribution in [3.05, 3.63) is 57.8 Å². The smallest absolute Gasteiger partial charge is 0.339 e. The Balaban J connectivity index is 2.67. The van der Waals surface area contributed by atoms with Crippen molar-refractivity contribution >= 4 is 29.2 Å². The van der Waals surface area contributed by atoms with Gasteiger partial charge in [0.1, 0.15) is 11.4 Å². The van der Waals surface area contributed by atoms with Crippen LogP contribution in [-0.4, -0.2) is 11.1 Å². The van der Waals surface area contributed by atoms with E-state index in [1.165, 1.54) is 24.3 Å². The summed E-state index contributed by atoms with van der Waals surface area (Å²) in [4.78, 5) is 11.1. The molecule has 18 heavy (non-hydrogen) atoms. The second-order valence-corrected chi connectivity index (χ2v) is 4.41. The first-order valence-corrected chi connectivity index (χ1v) is 5.73. The number of hydrogen-bond acceptors (Lipinski definition) is 1. The number of aromatic carboxylic acids is 1. The molecule has 0 aliphatic heterocycles. The molecule has 1 N–H and O–H groups in total. The van der Waals surface area contributed by atoms with E-state index in [0.717, 1.165) is 6.07 Å². The van der Waals surface area contributed by atoms with E-state index < -0.39 is 11.8 Å². The van der Waals surface area contributed by atoms with E-state index in [9.17, 15) is 9.18 Å². The van der Waals surface area contributed by atoms with Crippen LogP contribution in [0.15, 0.2) is 36.4 Å². The quantitative estimate of drug-likeness (QED) is 0.882. The van der Waals surface area contributed by atoms with Gasteiger partial charge in [0.25, 0.3) is 0 Å². The van der Waals surface area contributed by atoms with Crippen LogP contribution in [0.5, 0.6) is 0 Å². The van der Waals surface area contributed by atoms with Crippen LogP contribution < -0.4 is 0 Å². The topological polar surface area (TPSA) is 37.3 Å². The molecule has 0 bridgehead atoms. The van der Waals surface area contributed by atoms with Gasteiger partial charge in [-0.25, -0.2) is 9.18 Å². The molecule has 0 atom stereocenters. The van der Waals surface area contributed by atoms with Gasteiger partial charge >= 0.3 is 5.97 Å². The lowest BCUT2D eigenvalue weighted by atomic mass is 9.99. The minimum Gasteiger partial charge on any atom is -0.478 e. The molecule has 2 nitrogen and oxygen atoms in total. The largest absolute Gasteiger partial charge is 0.478 e. The van der Waals surface area contributed by atoms with Gasteiger partial charge in [0.2, 0.25) is 0 Å². The first kappa shape index (κ1) is 12.9. The third-order valence-electron chi connectivity index (χ3n) is 2.46. The lowest BCUT2D eigenvalue weighted by Gasteiger charge is -2.08. The molecule has 0 saturated heterocycles. The fraction of sp³-hybridized carbons (Fsp3) is 0. The van der Waals surface area contributed by atoms with Gasteiger partial charge < -0.3 is 5.11 Å². The van der Waals surface area contributed by atoms with Crippen molar-refractivity contribution in [2.75, 3.05) is 0 Å². The molecule has 0 fully saturated rings. The fourth-order valence-electron chi connectivity index (χ4n) is 1.65. The van der Waals surface area contributed by atoms with E-state index in [0.29, 0.717) is 10.6 Å². The van der Waals surface area contributed by atoms with Crippen molar-refractivity contribution in [1.29, 1.82) is 0 Å². The molecule has 0 amide bonds. The summed E-state index contributed by atoms with van der Waals surface area (Å²) in [5.41, 5.74) is 0.387. The minimum absolute atomic E-state index is 0.265. The highest BCUT2D eigenvalue weighted by atomic mass is 35.5. The van der Waals surface area contributed by atoms with Gasteiger partial charge in [-0.2, -0.15) is 0 Å². The van der Waals surface area contributed by atoms with Crippen LogP contribution in [0.25, 0.3) is 11.1 Å². The maximum atomic E-state index is 13.5. The highest BCUT2D eigenvalue weighted by molar-refractivity contribution is 6.42. The van der Waals surface area contributed by atoms with Gasteiger partial charge in [-0.15, -0.1) is 0 Å². The van der Waals surface area contributed by atoms with Gasteiger partial charge in [-0.05, 0) is 29.3 Å². The van der Waals surface area contributed by atoms with Crippen LogP contribution in [0.4, 0.5) is 4.39 Å². The summed E-state index contributed by atoms with van der Waals surface area (Å²) in [5, 5.41) is 9.67. The summed E-state index contributed by atoms with van der Waals surface area (Å²) in [7, 11) is 0. The first-order valence-electron chi connectivity index (χ1n) is 4.98. The molecular formula is C13H7Cl2FO2. The monoisotopic (exact) mass is 284 g/mol. The summed E-state index contributed by atoms with van der Waals surface area (Å²) in [5.74, 6) is -2.11. The zero-order valence-corrected chi connectivity index (χ0v) is 10.5. The maximum absolute atomic E-state index is 13.5. The number of rotatable bonds is 2. The van der Waals surface area contributed by atoms with Crippen LogP contribution in [0, 0.1) is 5.82 Å². The van der Waals surface area contributed by atoms with Gasteiger partial charge in [0.05, 0.1) is 10.0 Å². The molecule has 0 radical (unpaired) electrons. The molecule has 0 saturated carbocycles. The van der Waals surface area contributed by atoms with Crippen LogP contribution in [0.3, 0.4) is 0 Å². The first-order chi connectivity index (χ1) is 8.50. The summed E-state index contributed by atoms with van der Waals surface area (Å²) < 4.78 is 13.5. The van der Waals surface area contributed by atoms with E-state index in [-0.39, 0.29) is 16.1 Å². The number of benzene rings is 2. The zero-order valence-electron chi connectivity index (χ0n) is 8.95. The van der Waals surface area contributed by atoms with Gasteiger partial charge in [-0.1, -0.05) is 41.4 Å². The Bertz CT molecular complexity index is 626. The highest BCUT2D eigenvalue weighted by Crippen LogP contribution is 2.31. The van der Waals surface area contributed by atoms with Crippen molar-refractivity contribution in [3.63, 3.8) is 0 Å². The number of carboxylic acids is 1. The van der Waals surface area contributed by atoms with Crippen LogP contribution in [0.1, 0.15) is 10.4 Å². The minimum atomic E-state index is -1.32. The van der Waals surface area contributed by atoms with Crippen LogP contribution >= 0.6 is 23.2 Å². The van der Waals surface area contributed by atoms with E-state index >= 15 is 0 Å². The standard InChI is InChI=1S/C13H7Cl2FO2/c14-9-5-4-7(6-10(9)15)8-2-1-3-11(16)12(8)13(17)18/h1-6H,(H,17,18). The third-order valence-corrected chi connectivity index (χ3v) is 3.20. The molecule has 5 heteroatoms. The molecule has 2 aromatic carbocycles. The van der Waals surface area contributed by atoms with Gasteiger partial charge in [-0.3, -0.25) is 0 Å². The second-order valence-electron chi connectivity index (χ2n) is 3.60. The van der Waals surface area contributed by atoms with E-state index in [1.807, 2.05) is 0 Å². The van der Waals surface area contributed by atoms with Crippen LogP contribution in [-0.2, 0) is 0 Å². The molecule has 92 valence electrons. The Kier molecular flexibility index (Phi) is 3.55. The fourth-order valence-corrected chi connectivity index (χ4v) is 1.94. The van der Waals surface area contributed by atoms with Crippen molar-refractivity contribution < 1.29 is 14.3 Å². The number of carboxylic acid groups (broad SMARTS) is 1. The van der Waals surface area contributed by atoms with Crippen molar-refractivity contribution in [2.45, 2.75) is 0 Å². The Hall–Kier alpha value is -1.58. The molecule has 0 aromatic heterocycles. The predicted molar refractivity (Wildman–Crippen MR) is 68.8 cm³/mol. The summed E-state index contributed by atoms with van der Waals surface area (Å²) in [6, 6.07) is 8.70. The van der Waals surface area contributed by atoms with Crippen molar-refractivity contribution in [3.8, 4) is 11.1 Å². The Morgan fingerprint density at radius 1 is 1.11 bits per heavy atom. The molecule has 2 aromatic rings. The predicted octanol–water partition coefficient (Wildman–Crippen LogP) is 4.50. The number of carbonyl (C=O) groups is 1. The highest BCUT2D eigenvalue weighted by Gasteiger charge is 2.17. The summed E-state index contributed by atoms with van der Waals surface area (Å²) in [6.45, 7) is 0. The molecule has 0 spiro atoms. The van der Waals surface area contributed by atoms with Crippen LogP contribution in [0.2, 0.25) is 10.0 Å². The SMILES string of the molecule is O=C(O)c1c(F)cccc1-c1ccc(Cl)c(Cl)c1. The maximum Gasteiger partial charge on any atom is 0.339 e. The summed E-state index contributed by atoms with van der Waals surface area (Å²) >= 11 is 11.6. The Morgan fingerprint density at radius 3 is 2.44 bits per heavy atom. The van der Waals surface area contributed by atoms with E-state index in [4.69, 9.17) is 28.3 Å². The average Bonchev–Trinajstić information content (AvgIpc) is 2.32. The molecule has 0 unspecified atom stereocenters. The summed E-state index contributed by atoms with van der Waals surface area (Å²) in [6.07, 6.45) is 0.